The molecule has 0 aromatic carbocycles. The number of aromatic nitrogens is 4. The van der Waals surface area contributed by atoms with Gasteiger partial charge >= 0.3 is 6.08 Å². The molecule has 0 aliphatic rings. The number of halogens is 1. The van der Waals surface area contributed by atoms with Crippen LogP contribution in [0.1, 0.15) is 0 Å². The zero-order chi connectivity index (χ0) is 9.42. The Morgan fingerprint density at radius 2 is 2.23 bits per heavy atom. The van der Waals surface area contributed by atoms with E-state index >= 15 is 0 Å². The number of rotatable bonds is 1. The van der Waals surface area contributed by atoms with Crippen LogP contribution >= 0.6 is 11.8 Å². The summed E-state index contributed by atoms with van der Waals surface area (Å²) in [5, 5.41) is 0.572. The zero-order valence-electron chi connectivity index (χ0n) is 7.15. The van der Waals surface area contributed by atoms with Gasteiger partial charge in [-0.25, -0.2) is 4.98 Å². The van der Waals surface area contributed by atoms with Crippen LogP contribution in [0.4, 0.5) is 4.39 Å². The van der Waals surface area contributed by atoms with Crippen molar-refractivity contribution in [2.24, 2.45) is 7.05 Å². The van der Waals surface area contributed by atoms with E-state index in [0.29, 0.717) is 16.2 Å². The standard InChI is InChI=1S/C7H7FN4S/c1-12-3-9-4-5(12)10-7(8)11-6(4)13-2/h3H,1-2H3. The Morgan fingerprint density at radius 1 is 1.46 bits per heavy atom. The molecule has 0 fully saturated rings. The number of hydrogen-bond donors (Lipinski definition) is 0. The van der Waals surface area contributed by atoms with Gasteiger partial charge in [-0.1, -0.05) is 0 Å². The van der Waals surface area contributed by atoms with Crippen LogP contribution in [-0.2, 0) is 7.05 Å². The summed E-state index contributed by atoms with van der Waals surface area (Å²) in [5.74, 6) is 0. The second kappa shape index (κ2) is 2.95. The molecule has 6 heteroatoms. The van der Waals surface area contributed by atoms with Gasteiger partial charge in [0.25, 0.3) is 0 Å². The van der Waals surface area contributed by atoms with E-state index in [1.54, 1.807) is 17.9 Å². The molecule has 0 aliphatic carbocycles. The summed E-state index contributed by atoms with van der Waals surface area (Å²) in [6.07, 6.45) is 2.72. The van der Waals surface area contributed by atoms with Crippen LogP contribution in [0.25, 0.3) is 11.2 Å². The molecule has 0 aliphatic heterocycles. The summed E-state index contributed by atoms with van der Waals surface area (Å²) >= 11 is 1.36. The van der Waals surface area contributed by atoms with E-state index in [1.807, 2.05) is 6.26 Å². The lowest BCUT2D eigenvalue weighted by molar-refractivity contribution is 0.532. The molecule has 0 saturated carbocycles. The Balaban J connectivity index is 2.84. The van der Waals surface area contributed by atoms with E-state index in [1.165, 1.54) is 11.8 Å². The highest BCUT2D eigenvalue weighted by molar-refractivity contribution is 7.98. The van der Waals surface area contributed by atoms with Crippen LogP contribution < -0.4 is 0 Å². The van der Waals surface area contributed by atoms with Crippen molar-refractivity contribution in [2.45, 2.75) is 5.03 Å². The molecular weight excluding hydrogens is 191 g/mol. The number of thioether (sulfide) groups is 1. The van der Waals surface area contributed by atoms with Gasteiger partial charge in [0.2, 0.25) is 0 Å². The summed E-state index contributed by atoms with van der Waals surface area (Å²) in [5.41, 5.74) is 1.17. The fourth-order valence-electron chi connectivity index (χ4n) is 1.10. The lowest BCUT2D eigenvalue weighted by Crippen LogP contribution is -1.95. The van der Waals surface area contributed by atoms with Crippen LogP contribution in [0.2, 0.25) is 0 Å². The molecule has 0 unspecified atom stereocenters. The first kappa shape index (κ1) is 8.43. The zero-order valence-corrected chi connectivity index (χ0v) is 7.97. The van der Waals surface area contributed by atoms with Gasteiger partial charge in [0.05, 0.1) is 6.33 Å². The van der Waals surface area contributed by atoms with E-state index in [4.69, 9.17) is 0 Å². The van der Waals surface area contributed by atoms with Gasteiger partial charge in [-0.05, 0) is 6.26 Å². The first-order chi connectivity index (χ1) is 6.22. The molecule has 0 amide bonds. The Morgan fingerprint density at radius 3 is 2.92 bits per heavy atom. The van der Waals surface area contributed by atoms with Gasteiger partial charge < -0.3 is 4.57 Å². The number of hydrogen-bond acceptors (Lipinski definition) is 4. The van der Waals surface area contributed by atoms with Crippen molar-refractivity contribution in [2.75, 3.05) is 6.26 Å². The number of aryl methyl sites for hydroxylation is 1. The normalized spacial score (nSPS) is 11.0. The van der Waals surface area contributed by atoms with Gasteiger partial charge in [0.1, 0.15) is 10.5 Å². The van der Waals surface area contributed by atoms with E-state index in [9.17, 15) is 4.39 Å². The molecule has 0 bridgehead atoms. The third kappa shape index (κ3) is 1.27. The van der Waals surface area contributed by atoms with E-state index in [2.05, 4.69) is 15.0 Å². The van der Waals surface area contributed by atoms with Gasteiger partial charge in [-0.2, -0.15) is 14.4 Å². The predicted octanol–water partition coefficient (Wildman–Crippen LogP) is 1.22. The molecule has 0 spiro atoms. The quantitative estimate of drug-likeness (QED) is 0.392. The maximum Gasteiger partial charge on any atom is 0.311 e. The largest absolute Gasteiger partial charge is 0.318 e. The SMILES string of the molecule is CSc1nc(F)nc2c1ncn2C. The fraction of sp³-hybridized carbons (Fsp3) is 0.286. The molecule has 13 heavy (non-hydrogen) atoms. The second-order valence-corrected chi connectivity index (χ2v) is 3.32. The Hall–Kier alpha value is -1.17. The average molecular weight is 198 g/mol. The maximum absolute atomic E-state index is 12.9. The third-order valence-electron chi connectivity index (χ3n) is 1.69. The third-order valence-corrected chi connectivity index (χ3v) is 2.37. The van der Waals surface area contributed by atoms with Gasteiger partial charge in [0.15, 0.2) is 5.65 Å². The minimum atomic E-state index is -0.708. The lowest BCUT2D eigenvalue weighted by Gasteiger charge is -1.97. The molecule has 2 rings (SSSR count). The summed E-state index contributed by atoms with van der Waals surface area (Å²) in [7, 11) is 1.77. The number of fused-ring (bicyclic) bond motifs is 1. The molecule has 2 heterocycles. The highest BCUT2D eigenvalue weighted by atomic mass is 32.2. The topological polar surface area (TPSA) is 43.6 Å². The first-order valence-electron chi connectivity index (χ1n) is 3.61. The van der Waals surface area contributed by atoms with Crippen molar-refractivity contribution in [1.29, 1.82) is 0 Å². The van der Waals surface area contributed by atoms with E-state index < -0.39 is 6.08 Å². The predicted molar refractivity (Wildman–Crippen MR) is 48.0 cm³/mol. The van der Waals surface area contributed by atoms with Crippen LogP contribution in [-0.4, -0.2) is 25.8 Å². The summed E-state index contributed by atoms with van der Waals surface area (Å²) < 4.78 is 14.5. The molecule has 68 valence electrons. The first-order valence-corrected chi connectivity index (χ1v) is 4.83. The molecule has 0 atom stereocenters. The van der Waals surface area contributed by atoms with Gasteiger partial charge in [0, 0.05) is 7.05 Å². The highest BCUT2D eigenvalue weighted by Crippen LogP contribution is 2.20. The minimum absolute atomic E-state index is 0.525. The molecular formula is C7H7FN4S. The van der Waals surface area contributed by atoms with Crippen molar-refractivity contribution >= 4 is 22.9 Å². The van der Waals surface area contributed by atoms with Crippen molar-refractivity contribution in [3.63, 3.8) is 0 Å². The number of imidazole rings is 1. The van der Waals surface area contributed by atoms with Crippen molar-refractivity contribution in [3.05, 3.63) is 12.4 Å². The van der Waals surface area contributed by atoms with Crippen molar-refractivity contribution in [3.8, 4) is 0 Å². The lowest BCUT2D eigenvalue weighted by atomic mass is 10.5. The summed E-state index contributed by atoms with van der Waals surface area (Å²) in [4.78, 5) is 11.4. The average Bonchev–Trinajstić information content (AvgIpc) is 2.47. The minimum Gasteiger partial charge on any atom is -0.318 e. The molecule has 0 radical (unpaired) electrons. The summed E-state index contributed by atoms with van der Waals surface area (Å²) in [6.45, 7) is 0. The van der Waals surface area contributed by atoms with Gasteiger partial charge in [-0.15, -0.1) is 11.8 Å². The van der Waals surface area contributed by atoms with E-state index in [0.717, 1.165) is 0 Å². The molecule has 0 N–H and O–H groups in total. The maximum atomic E-state index is 12.9. The Labute approximate surface area is 78.2 Å². The fourth-order valence-corrected chi connectivity index (χ4v) is 1.60. The molecule has 2 aromatic rings. The number of nitrogens with zero attached hydrogens (tertiary/aromatic N) is 4. The molecule has 0 saturated heterocycles. The Kier molecular flexibility index (Phi) is 1.91. The second-order valence-electron chi connectivity index (χ2n) is 2.53. The van der Waals surface area contributed by atoms with Crippen molar-refractivity contribution < 1.29 is 4.39 Å². The Bertz CT molecular complexity index is 453. The van der Waals surface area contributed by atoms with Gasteiger partial charge in [-0.3, -0.25) is 0 Å². The molecule has 4 nitrogen and oxygen atoms in total. The van der Waals surface area contributed by atoms with Crippen LogP contribution in [0.3, 0.4) is 0 Å². The van der Waals surface area contributed by atoms with Crippen molar-refractivity contribution in [1.82, 2.24) is 19.5 Å². The van der Waals surface area contributed by atoms with Crippen LogP contribution in [0.15, 0.2) is 11.4 Å². The highest BCUT2D eigenvalue weighted by Gasteiger charge is 2.10. The summed E-state index contributed by atoms with van der Waals surface area (Å²) in [6, 6.07) is 0. The van der Waals surface area contributed by atoms with Crippen LogP contribution in [0.5, 0.6) is 0 Å². The monoisotopic (exact) mass is 198 g/mol. The molecule has 2 aromatic heterocycles. The smallest absolute Gasteiger partial charge is 0.311 e. The van der Waals surface area contributed by atoms with E-state index in [-0.39, 0.29) is 0 Å². The van der Waals surface area contributed by atoms with Crippen LogP contribution in [0, 0.1) is 6.08 Å².